The molecule has 0 spiro atoms. The Balaban J connectivity index is 1.43. The molecule has 35 heavy (non-hydrogen) atoms. The summed E-state index contributed by atoms with van der Waals surface area (Å²) < 4.78 is 42.9. The van der Waals surface area contributed by atoms with Gasteiger partial charge in [-0.2, -0.15) is 8.42 Å². The SMILES string of the molecule is CC(=O)Oc1ccccc1C(=O)NS(=O)(=O)OC[C@H]1O[C@@H](n2cnc3c(N)ncnc32)[C@H](O)[C@@H]1O. The van der Waals surface area contributed by atoms with Crippen LogP contribution in [0.1, 0.15) is 23.5 Å². The van der Waals surface area contributed by atoms with Crippen LogP contribution in [-0.4, -0.2) is 74.9 Å². The van der Waals surface area contributed by atoms with Gasteiger partial charge in [0, 0.05) is 6.92 Å². The number of nitrogen functional groups attached to an aromatic ring is 1. The second-order valence-corrected chi connectivity index (χ2v) is 8.74. The molecule has 2 aromatic heterocycles. The van der Waals surface area contributed by atoms with E-state index in [9.17, 15) is 28.2 Å². The van der Waals surface area contributed by atoms with Crippen molar-refractivity contribution in [3.8, 4) is 5.75 Å². The summed E-state index contributed by atoms with van der Waals surface area (Å²) in [5.74, 6) is -1.87. The summed E-state index contributed by atoms with van der Waals surface area (Å²) in [6.07, 6.45) is -3.07. The molecule has 3 aromatic rings. The van der Waals surface area contributed by atoms with Gasteiger partial charge in [0.2, 0.25) is 0 Å². The van der Waals surface area contributed by atoms with Crippen LogP contribution in [0, 0.1) is 0 Å². The molecule has 1 aliphatic heterocycles. The average molecular weight is 508 g/mol. The van der Waals surface area contributed by atoms with Crippen molar-refractivity contribution in [3.05, 3.63) is 42.5 Å². The third kappa shape index (κ3) is 5.05. The van der Waals surface area contributed by atoms with Crippen LogP contribution in [0.2, 0.25) is 0 Å². The number of nitrogens with one attached hydrogen (secondary N) is 1. The summed E-state index contributed by atoms with van der Waals surface area (Å²) in [6.45, 7) is 0.379. The van der Waals surface area contributed by atoms with Crippen molar-refractivity contribution in [2.24, 2.45) is 0 Å². The smallest absolute Gasteiger partial charge is 0.362 e. The molecule has 1 amide bonds. The number of carbonyl (C=O) groups is 2. The van der Waals surface area contributed by atoms with Crippen molar-refractivity contribution in [2.75, 3.05) is 12.3 Å². The van der Waals surface area contributed by atoms with Gasteiger partial charge in [0.15, 0.2) is 17.7 Å². The minimum atomic E-state index is -4.68. The number of anilines is 1. The predicted octanol–water partition coefficient (Wildman–Crippen LogP) is -1.36. The molecule has 0 aliphatic carbocycles. The number of rotatable bonds is 7. The molecule has 4 atom stereocenters. The second-order valence-electron chi connectivity index (χ2n) is 7.39. The van der Waals surface area contributed by atoms with Crippen LogP contribution in [0.3, 0.4) is 0 Å². The number of esters is 1. The highest BCUT2D eigenvalue weighted by Gasteiger charge is 2.45. The van der Waals surface area contributed by atoms with Crippen molar-refractivity contribution < 1.29 is 41.9 Å². The third-order valence-corrected chi connectivity index (χ3v) is 5.87. The zero-order valence-corrected chi connectivity index (χ0v) is 18.8. The average Bonchev–Trinajstić information content (AvgIpc) is 3.34. The van der Waals surface area contributed by atoms with E-state index in [2.05, 4.69) is 15.0 Å². The van der Waals surface area contributed by atoms with Crippen molar-refractivity contribution in [3.63, 3.8) is 0 Å². The Kier molecular flexibility index (Phi) is 6.64. The lowest BCUT2D eigenvalue weighted by molar-refractivity contribution is -0.131. The topological polar surface area (TPSA) is 218 Å². The van der Waals surface area contributed by atoms with Gasteiger partial charge < -0.3 is 25.4 Å². The molecule has 16 heteroatoms. The third-order valence-electron chi connectivity index (χ3n) is 4.99. The fraction of sp³-hybridized carbons (Fsp3) is 0.316. The number of fused-ring (bicyclic) bond motifs is 1. The quantitative estimate of drug-likeness (QED) is 0.214. The van der Waals surface area contributed by atoms with Crippen LogP contribution < -0.4 is 15.2 Å². The lowest BCUT2D eigenvalue weighted by Gasteiger charge is -2.16. The number of para-hydroxylation sites is 1. The molecule has 1 aliphatic rings. The normalized spacial score (nSPS) is 22.3. The van der Waals surface area contributed by atoms with Gasteiger partial charge in [-0.05, 0) is 12.1 Å². The number of hydrogen-bond acceptors (Lipinski definition) is 13. The maximum absolute atomic E-state index is 12.4. The molecular weight excluding hydrogens is 488 g/mol. The molecule has 0 radical (unpaired) electrons. The van der Waals surface area contributed by atoms with Crippen LogP contribution in [-0.2, 0) is 24.0 Å². The van der Waals surface area contributed by atoms with Crippen LogP contribution in [0.25, 0.3) is 11.2 Å². The number of amides is 1. The first-order chi connectivity index (χ1) is 16.6. The number of aliphatic hydroxyl groups excluding tert-OH is 2. The molecule has 0 saturated carbocycles. The number of aliphatic hydroxyl groups is 2. The van der Waals surface area contributed by atoms with E-state index in [0.717, 1.165) is 6.92 Å². The number of nitrogens with zero attached hydrogens (tertiary/aromatic N) is 4. The second kappa shape index (κ2) is 9.51. The first-order valence-corrected chi connectivity index (χ1v) is 11.4. The Bertz CT molecular complexity index is 1380. The summed E-state index contributed by atoms with van der Waals surface area (Å²) in [5.41, 5.74) is 5.99. The Morgan fingerprint density at radius 2 is 1.94 bits per heavy atom. The van der Waals surface area contributed by atoms with Crippen molar-refractivity contribution in [2.45, 2.75) is 31.5 Å². The highest BCUT2D eigenvalue weighted by atomic mass is 32.2. The monoisotopic (exact) mass is 508 g/mol. The van der Waals surface area contributed by atoms with Gasteiger partial charge >= 0.3 is 16.3 Å². The summed E-state index contributed by atoms with van der Waals surface area (Å²) in [7, 11) is -4.68. The molecule has 186 valence electrons. The van der Waals surface area contributed by atoms with E-state index in [1.165, 1.54) is 41.5 Å². The fourth-order valence-electron chi connectivity index (χ4n) is 3.41. The highest BCUT2D eigenvalue weighted by molar-refractivity contribution is 7.85. The molecule has 15 nitrogen and oxygen atoms in total. The van der Waals surface area contributed by atoms with E-state index in [0.29, 0.717) is 0 Å². The maximum Gasteiger partial charge on any atom is 0.362 e. The molecule has 4 rings (SSSR count). The van der Waals surface area contributed by atoms with E-state index < -0.39 is 53.3 Å². The molecule has 0 bridgehead atoms. The molecule has 3 heterocycles. The van der Waals surface area contributed by atoms with E-state index >= 15 is 0 Å². The van der Waals surface area contributed by atoms with Crippen molar-refractivity contribution in [1.82, 2.24) is 24.2 Å². The Hall–Kier alpha value is -3.70. The van der Waals surface area contributed by atoms with Crippen LogP contribution in [0.4, 0.5) is 5.82 Å². The standard InChI is InChI=1S/C19H20N6O9S/c1-9(26)33-11-5-3-2-4-10(11)18(29)24-35(30,31)32-6-12-14(27)15(28)19(34-12)25-8-23-13-16(20)21-7-22-17(13)25/h2-5,7-8,12,14-15,19,27-28H,6H2,1H3,(H,24,29)(H2,20,21,22)/t12-,14-,15-,19-/m1/s1. The number of aromatic nitrogens is 4. The van der Waals surface area contributed by atoms with Crippen LogP contribution >= 0.6 is 0 Å². The molecule has 1 saturated heterocycles. The molecule has 1 aromatic carbocycles. The Morgan fingerprint density at radius 3 is 2.69 bits per heavy atom. The largest absolute Gasteiger partial charge is 0.426 e. The fourth-order valence-corrected chi connectivity index (χ4v) is 4.11. The summed E-state index contributed by atoms with van der Waals surface area (Å²) >= 11 is 0. The van der Waals surface area contributed by atoms with Gasteiger partial charge in [-0.15, -0.1) is 0 Å². The first kappa shape index (κ1) is 24.4. The van der Waals surface area contributed by atoms with Gasteiger partial charge in [-0.25, -0.2) is 19.7 Å². The summed E-state index contributed by atoms with van der Waals surface area (Å²) in [4.78, 5) is 35.5. The Morgan fingerprint density at radius 1 is 1.20 bits per heavy atom. The van der Waals surface area contributed by atoms with Gasteiger partial charge in [-0.1, -0.05) is 12.1 Å². The van der Waals surface area contributed by atoms with E-state index in [4.69, 9.17) is 19.4 Å². The van der Waals surface area contributed by atoms with Crippen LogP contribution in [0.15, 0.2) is 36.9 Å². The van der Waals surface area contributed by atoms with Gasteiger partial charge in [-0.3, -0.25) is 18.3 Å². The zero-order chi connectivity index (χ0) is 25.3. The minimum absolute atomic E-state index is 0.0961. The number of nitrogens with two attached hydrogens (primary N) is 1. The van der Waals surface area contributed by atoms with Gasteiger partial charge in [0.1, 0.15) is 35.9 Å². The zero-order valence-electron chi connectivity index (χ0n) is 18.0. The molecular formula is C19H20N6O9S. The summed E-state index contributed by atoms with van der Waals surface area (Å²) in [6, 6.07) is 5.49. The highest BCUT2D eigenvalue weighted by Crippen LogP contribution is 2.32. The number of ether oxygens (including phenoxy) is 2. The predicted molar refractivity (Wildman–Crippen MR) is 116 cm³/mol. The molecule has 0 unspecified atom stereocenters. The van der Waals surface area contributed by atoms with Crippen LogP contribution in [0.5, 0.6) is 5.75 Å². The molecule has 1 fully saturated rings. The number of carbonyl (C=O) groups excluding carboxylic acids is 2. The molecule has 5 N–H and O–H groups in total. The lowest BCUT2D eigenvalue weighted by Crippen LogP contribution is -2.38. The number of benzene rings is 1. The number of hydrogen-bond donors (Lipinski definition) is 4. The lowest BCUT2D eigenvalue weighted by atomic mass is 10.1. The van der Waals surface area contributed by atoms with E-state index in [1.54, 1.807) is 4.72 Å². The number of imidazole rings is 1. The van der Waals surface area contributed by atoms with Gasteiger partial charge in [0.05, 0.1) is 18.5 Å². The van der Waals surface area contributed by atoms with Crippen molar-refractivity contribution >= 4 is 39.2 Å². The van der Waals surface area contributed by atoms with E-state index in [-0.39, 0.29) is 28.3 Å². The van der Waals surface area contributed by atoms with Crippen molar-refractivity contribution in [1.29, 1.82) is 0 Å². The minimum Gasteiger partial charge on any atom is -0.426 e. The maximum atomic E-state index is 12.4. The summed E-state index contributed by atoms with van der Waals surface area (Å²) in [5, 5.41) is 20.8. The Labute approximate surface area is 197 Å². The van der Waals surface area contributed by atoms with Gasteiger partial charge in [0.25, 0.3) is 5.91 Å². The van der Waals surface area contributed by atoms with E-state index in [1.807, 2.05) is 0 Å². The first-order valence-electron chi connectivity index (χ1n) is 10.0.